The lowest BCUT2D eigenvalue weighted by atomic mass is 10.2. The van der Waals surface area contributed by atoms with E-state index < -0.39 is 10.0 Å². The van der Waals surface area contributed by atoms with Crippen molar-refractivity contribution in [1.29, 1.82) is 0 Å². The van der Waals surface area contributed by atoms with Crippen molar-refractivity contribution in [1.82, 2.24) is 0 Å². The maximum atomic E-state index is 12.1. The Morgan fingerprint density at radius 3 is 2.74 bits per heavy atom. The van der Waals surface area contributed by atoms with E-state index in [-0.39, 0.29) is 11.9 Å². The van der Waals surface area contributed by atoms with Gasteiger partial charge in [-0.1, -0.05) is 30.7 Å². The molecule has 0 bridgehead atoms. The Hall–Kier alpha value is -1.51. The fraction of sp³-hybridized carbons (Fsp3) is 0.429. The lowest BCUT2D eigenvalue weighted by molar-refractivity contribution is 0.350. The number of nitrogens with one attached hydrogen (secondary N) is 1. The fourth-order valence-electron chi connectivity index (χ4n) is 2.25. The van der Waals surface area contributed by atoms with Gasteiger partial charge in [0, 0.05) is 11.3 Å². The summed E-state index contributed by atoms with van der Waals surface area (Å²) in [4.78, 5) is 0. The van der Waals surface area contributed by atoms with E-state index in [1.54, 1.807) is 24.3 Å². The number of hydrogen-bond donors (Lipinski definition) is 2. The third-order valence-electron chi connectivity index (χ3n) is 3.18. The summed E-state index contributed by atoms with van der Waals surface area (Å²) in [6.45, 7) is -0.210. The summed E-state index contributed by atoms with van der Waals surface area (Å²) in [5.74, 6) is 5.29. The summed E-state index contributed by atoms with van der Waals surface area (Å²) >= 11 is 0. The van der Waals surface area contributed by atoms with Gasteiger partial charge in [0.15, 0.2) is 0 Å². The normalized spacial score (nSPS) is 15.8. The minimum Gasteiger partial charge on any atom is -0.384 e. The van der Waals surface area contributed by atoms with Gasteiger partial charge in [0.1, 0.15) is 6.61 Å². The summed E-state index contributed by atoms with van der Waals surface area (Å²) in [6, 6.07) is 6.90. The van der Waals surface area contributed by atoms with Crippen LogP contribution in [0.2, 0.25) is 0 Å². The quantitative estimate of drug-likeness (QED) is 0.828. The van der Waals surface area contributed by atoms with E-state index >= 15 is 0 Å². The van der Waals surface area contributed by atoms with Crippen LogP contribution in [-0.4, -0.2) is 25.4 Å². The molecule has 19 heavy (non-hydrogen) atoms. The lowest BCUT2D eigenvalue weighted by Crippen LogP contribution is -2.25. The van der Waals surface area contributed by atoms with Gasteiger partial charge in [-0.05, 0) is 31.0 Å². The van der Waals surface area contributed by atoms with E-state index in [0.717, 1.165) is 25.7 Å². The number of aliphatic hydroxyl groups excluding tert-OH is 1. The molecule has 0 heterocycles. The molecule has 1 aromatic rings. The first-order valence-corrected chi connectivity index (χ1v) is 7.88. The van der Waals surface area contributed by atoms with Gasteiger partial charge in [-0.3, -0.25) is 4.72 Å². The van der Waals surface area contributed by atoms with Crippen LogP contribution in [0.15, 0.2) is 24.3 Å². The Balaban J connectivity index is 2.14. The van der Waals surface area contributed by atoms with Crippen LogP contribution in [0.1, 0.15) is 31.2 Å². The van der Waals surface area contributed by atoms with Crippen LogP contribution < -0.4 is 4.72 Å². The van der Waals surface area contributed by atoms with Gasteiger partial charge in [-0.15, -0.1) is 0 Å². The summed E-state index contributed by atoms with van der Waals surface area (Å²) < 4.78 is 26.9. The third kappa shape index (κ3) is 3.72. The van der Waals surface area contributed by atoms with Gasteiger partial charge in [0.2, 0.25) is 10.0 Å². The van der Waals surface area contributed by atoms with Gasteiger partial charge in [-0.2, -0.15) is 0 Å². The van der Waals surface area contributed by atoms with E-state index in [0.29, 0.717) is 11.3 Å². The van der Waals surface area contributed by atoms with Gasteiger partial charge < -0.3 is 5.11 Å². The zero-order valence-electron chi connectivity index (χ0n) is 10.6. The first-order valence-electron chi connectivity index (χ1n) is 6.33. The molecule has 0 saturated heterocycles. The molecule has 0 aromatic heterocycles. The summed E-state index contributed by atoms with van der Waals surface area (Å²) in [6.07, 6.45) is 3.43. The maximum Gasteiger partial charge on any atom is 0.235 e. The van der Waals surface area contributed by atoms with Crippen molar-refractivity contribution < 1.29 is 13.5 Å². The van der Waals surface area contributed by atoms with Crippen molar-refractivity contribution in [3.63, 3.8) is 0 Å². The SMILES string of the molecule is O=S(=O)(Nc1cccc(C#CCO)c1)C1CCCC1. The summed E-state index contributed by atoms with van der Waals surface area (Å²) in [5.41, 5.74) is 1.21. The molecule has 2 N–H and O–H groups in total. The minimum absolute atomic E-state index is 0.210. The second-order valence-electron chi connectivity index (χ2n) is 4.59. The molecule has 0 radical (unpaired) electrons. The van der Waals surface area contributed by atoms with E-state index in [9.17, 15) is 8.42 Å². The molecule has 1 aliphatic rings. The zero-order valence-corrected chi connectivity index (χ0v) is 11.4. The summed E-state index contributed by atoms with van der Waals surface area (Å²) in [5, 5.41) is 8.36. The molecule has 1 aromatic carbocycles. The van der Waals surface area contributed by atoms with Crippen molar-refractivity contribution in [2.45, 2.75) is 30.9 Å². The first-order chi connectivity index (χ1) is 9.12. The van der Waals surface area contributed by atoms with Gasteiger partial charge >= 0.3 is 0 Å². The molecule has 0 unspecified atom stereocenters. The predicted molar refractivity (Wildman–Crippen MR) is 75.2 cm³/mol. The van der Waals surface area contributed by atoms with Crippen LogP contribution in [0.4, 0.5) is 5.69 Å². The highest BCUT2D eigenvalue weighted by molar-refractivity contribution is 7.93. The number of hydrogen-bond acceptors (Lipinski definition) is 3. The van der Waals surface area contributed by atoms with Crippen molar-refractivity contribution in [2.24, 2.45) is 0 Å². The van der Waals surface area contributed by atoms with E-state index in [1.165, 1.54) is 0 Å². The number of sulfonamides is 1. The number of benzene rings is 1. The van der Waals surface area contributed by atoms with Crippen LogP contribution in [0.25, 0.3) is 0 Å². The molecule has 0 amide bonds. The Morgan fingerprint density at radius 2 is 2.05 bits per heavy atom. The second-order valence-corrected chi connectivity index (χ2v) is 6.56. The number of rotatable bonds is 3. The minimum atomic E-state index is -3.30. The van der Waals surface area contributed by atoms with Crippen molar-refractivity contribution >= 4 is 15.7 Å². The molecule has 0 aliphatic heterocycles. The molecule has 0 atom stereocenters. The highest BCUT2D eigenvalue weighted by Gasteiger charge is 2.28. The molecular formula is C14H17NO3S. The van der Waals surface area contributed by atoms with Crippen molar-refractivity contribution in [2.75, 3.05) is 11.3 Å². The maximum absolute atomic E-state index is 12.1. The van der Waals surface area contributed by atoms with E-state index in [1.807, 2.05) is 0 Å². The summed E-state index contributed by atoms with van der Waals surface area (Å²) in [7, 11) is -3.30. The molecule has 4 nitrogen and oxygen atoms in total. The second kappa shape index (κ2) is 6.09. The monoisotopic (exact) mass is 279 g/mol. The van der Waals surface area contributed by atoms with Crippen LogP contribution in [0.5, 0.6) is 0 Å². The van der Waals surface area contributed by atoms with Gasteiger partial charge in [0.25, 0.3) is 0 Å². The molecule has 0 spiro atoms. The van der Waals surface area contributed by atoms with Crippen LogP contribution in [0.3, 0.4) is 0 Å². The average Bonchev–Trinajstić information content (AvgIpc) is 2.91. The standard InChI is InChI=1S/C14H17NO3S/c16-10-4-6-12-5-3-7-13(11-12)15-19(17,18)14-8-1-2-9-14/h3,5,7,11,14-16H,1-2,8-10H2. The molecule has 1 fully saturated rings. The highest BCUT2D eigenvalue weighted by Crippen LogP contribution is 2.26. The predicted octanol–water partition coefficient (Wildman–Crippen LogP) is 1.71. The van der Waals surface area contributed by atoms with Crippen LogP contribution in [-0.2, 0) is 10.0 Å². The molecule has 102 valence electrons. The molecule has 5 heteroatoms. The van der Waals surface area contributed by atoms with Gasteiger partial charge in [-0.25, -0.2) is 8.42 Å². The Labute approximate surface area is 113 Å². The Bertz CT molecular complexity index is 593. The molecule has 2 rings (SSSR count). The largest absolute Gasteiger partial charge is 0.384 e. The lowest BCUT2D eigenvalue weighted by Gasteiger charge is -2.13. The molecule has 1 aliphatic carbocycles. The smallest absolute Gasteiger partial charge is 0.235 e. The van der Waals surface area contributed by atoms with Crippen LogP contribution in [0, 0.1) is 11.8 Å². The van der Waals surface area contributed by atoms with Crippen molar-refractivity contribution in [3.8, 4) is 11.8 Å². The highest BCUT2D eigenvalue weighted by atomic mass is 32.2. The van der Waals surface area contributed by atoms with Crippen LogP contribution >= 0.6 is 0 Å². The van der Waals surface area contributed by atoms with Gasteiger partial charge in [0.05, 0.1) is 5.25 Å². The fourth-order valence-corrected chi connectivity index (χ4v) is 3.82. The van der Waals surface area contributed by atoms with E-state index in [4.69, 9.17) is 5.11 Å². The molecular weight excluding hydrogens is 262 g/mol. The number of anilines is 1. The van der Waals surface area contributed by atoms with E-state index in [2.05, 4.69) is 16.6 Å². The first kappa shape index (κ1) is 13.9. The Morgan fingerprint density at radius 1 is 1.32 bits per heavy atom. The average molecular weight is 279 g/mol. The third-order valence-corrected chi connectivity index (χ3v) is 5.04. The number of aliphatic hydroxyl groups is 1. The topological polar surface area (TPSA) is 66.4 Å². The Kier molecular flexibility index (Phi) is 4.46. The molecule has 1 saturated carbocycles. The van der Waals surface area contributed by atoms with Crippen molar-refractivity contribution in [3.05, 3.63) is 29.8 Å². The zero-order chi connectivity index (χ0) is 13.7.